The molecule has 0 bridgehead atoms. The van der Waals surface area contributed by atoms with Gasteiger partial charge in [-0.2, -0.15) is 5.10 Å². The second-order valence-electron chi connectivity index (χ2n) is 6.81. The van der Waals surface area contributed by atoms with E-state index < -0.39 is 5.82 Å². The highest BCUT2D eigenvalue weighted by Crippen LogP contribution is 2.41. The van der Waals surface area contributed by atoms with E-state index in [1.165, 1.54) is 0 Å². The average Bonchev–Trinajstić information content (AvgIpc) is 3.46. The fraction of sp³-hybridized carbons (Fsp3) is 0.211. The molecule has 0 saturated carbocycles. The Bertz CT molecular complexity index is 1230. The summed E-state index contributed by atoms with van der Waals surface area (Å²) < 4.78 is 22.4. The number of carbonyl (C=O) groups excluding carboxylic acids is 1. The Morgan fingerprint density at radius 1 is 1.38 bits per heavy atom. The monoisotopic (exact) mass is 414 g/mol. The van der Waals surface area contributed by atoms with Crippen LogP contribution in [0.5, 0.6) is 0 Å². The van der Waals surface area contributed by atoms with Gasteiger partial charge in [-0.25, -0.2) is 9.37 Å². The number of carbonyl (C=O) groups is 1. The van der Waals surface area contributed by atoms with Crippen molar-refractivity contribution in [3.05, 3.63) is 41.6 Å². The number of nitrogens with zero attached hydrogens (tertiary/aromatic N) is 3. The van der Waals surface area contributed by atoms with Crippen LogP contribution in [0.25, 0.3) is 27.7 Å². The first-order valence-electron chi connectivity index (χ1n) is 9.03. The summed E-state index contributed by atoms with van der Waals surface area (Å²) in [4.78, 5) is 14.9. The highest BCUT2D eigenvalue weighted by molar-refractivity contribution is 6.36. The molecule has 1 amide bonds. The molecule has 0 spiro atoms. The Morgan fingerprint density at radius 3 is 3.07 bits per heavy atom. The molecule has 0 aliphatic carbocycles. The van der Waals surface area contributed by atoms with Gasteiger partial charge < -0.3 is 19.8 Å². The van der Waals surface area contributed by atoms with Crippen LogP contribution in [-0.2, 0) is 9.53 Å². The zero-order chi connectivity index (χ0) is 20.0. The second-order valence-corrected chi connectivity index (χ2v) is 7.19. The van der Waals surface area contributed by atoms with E-state index in [-0.39, 0.29) is 11.1 Å². The van der Waals surface area contributed by atoms with Gasteiger partial charge in [0.2, 0.25) is 6.41 Å². The Morgan fingerprint density at radius 2 is 2.28 bits per heavy atom. The summed E-state index contributed by atoms with van der Waals surface area (Å²) >= 11 is 6.49. The maximum Gasteiger partial charge on any atom is 0.212 e. The fourth-order valence-electron chi connectivity index (χ4n) is 3.65. The van der Waals surface area contributed by atoms with E-state index in [0.29, 0.717) is 58.8 Å². The van der Waals surface area contributed by atoms with Crippen LogP contribution in [0, 0.1) is 5.82 Å². The van der Waals surface area contributed by atoms with Crippen LogP contribution in [-0.4, -0.2) is 45.2 Å². The molecule has 8 nitrogen and oxygen atoms in total. The number of amides is 1. The van der Waals surface area contributed by atoms with E-state index in [1.54, 1.807) is 35.1 Å². The first-order chi connectivity index (χ1) is 14.2. The number of hydrogen-bond acceptors (Lipinski definition) is 5. The third-order valence-corrected chi connectivity index (χ3v) is 5.37. The molecule has 3 aromatic heterocycles. The van der Waals surface area contributed by atoms with Crippen LogP contribution in [0.3, 0.4) is 0 Å². The standard InChI is InChI=1S/C19H16ClFN6O2/c20-16-15(10-1-2-14-25-13(22-9-28)7-27(14)6-10)12-5-23-26-18(12)19(17(16)21)24-11-3-4-29-8-11/h1-2,5-7,9,11,24H,3-4,8H2,(H,22,28)(H,23,26). The maximum atomic E-state index is 15.3. The lowest BCUT2D eigenvalue weighted by molar-refractivity contribution is -0.105. The minimum Gasteiger partial charge on any atom is -0.379 e. The number of rotatable bonds is 5. The molecule has 1 saturated heterocycles. The molecular formula is C19H16ClFN6O2. The van der Waals surface area contributed by atoms with E-state index >= 15 is 4.39 Å². The van der Waals surface area contributed by atoms with Crippen molar-refractivity contribution in [3.63, 3.8) is 0 Å². The van der Waals surface area contributed by atoms with Crippen LogP contribution < -0.4 is 10.6 Å². The van der Waals surface area contributed by atoms with E-state index in [4.69, 9.17) is 16.3 Å². The number of H-pyrrole nitrogens is 1. The molecule has 1 fully saturated rings. The predicted molar refractivity (Wildman–Crippen MR) is 108 cm³/mol. The molecule has 3 N–H and O–H groups in total. The fourth-order valence-corrected chi connectivity index (χ4v) is 3.96. The Balaban J connectivity index is 1.65. The van der Waals surface area contributed by atoms with Crippen molar-refractivity contribution in [3.8, 4) is 11.1 Å². The molecule has 1 atom stereocenters. The quantitative estimate of drug-likeness (QED) is 0.435. The van der Waals surface area contributed by atoms with Crippen molar-refractivity contribution in [1.82, 2.24) is 19.6 Å². The minimum absolute atomic E-state index is 0.00557. The lowest BCUT2D eigenvalue weighted by Crippen LogP contribution is -2.20. The van der Waals surface area contributed by atoms with Gasteiger partial charge in [0, 0.05) is 29.3 Å². The number of fused-ring (bicyclic) bond motifs is 2. The number of pyridine rings is 1. The molecule has 1 aromatic carbocycles. The summed E-state index contributed by atoms with van der Waals surface area (Å²) in [6.45, 7) is 1.16. The third kappa shape index (κ3) is 2.99. The number of nitrogens with one attached hydrogen (secondary N) is 3. The van der Waals surface area contributed by atoms with Crippen LogP contribution in [0.4, 0.5) is 15.9 Å². The molecule has 4 aromatic rings. The maximum absolute atomic E-state index is 15.3. The van der Waals surface area contributed by atoms with Gasteiger partial charge in [0.05, 0.1) is 41.3 Å². The minimum atomic E-state index is -0.542. The van der Waals surface area contributed by atoms with Gasteiger partial charge in [0.15, 0.2) is 11.6 Å². The summed E-state index contributed by atoms with van der Waals surface area (Å²) in [6, 6.07) is 3.59. The third-order valence-electron chi connectivity index (χ3n) is 5.02. The average molecular weight is 415 g/mol. The molecule has 0 radical (unpaired) electrons. The first kappa shape index (κ1) is 17.9. The number of benzene rings is 1. The van der Waals surface area contributed by atoms with Gasteiger partial charge in [0.25, 0.3) is 0 Å². The number of hydrogen-bond donors (Lipinski definition) is 3. The molecule has 4 heterocycles. The van der Waals surface area contributed by atoms with Crippen LogP contribution in [0.15, 0.2) is 30.7 Å². The molecule has 1 aliphatic rings. The van der Waals surface area contributed by atoms with Crippen molar-refractivity contribution in [2.45, 2.75) is 12.5 Å². The highest BCUT2D eigenvalue weighted by Gasteiger charge is 2.24. The number of imidazole rings is 1. The zero-order valence-corrected chi connectivity index (χ0v) is 15.8. The van der Waals surface area contributed by atoms with E-state index in [9.17, 15) is 4.79 Å². The van der Waals surface area contributed by atoms with Gasteiger partial charge in [-0.05, 0) is 18.6 Å². The van der Waals surface area contributed by atoms with E-state index in [2.05, 4.69) is 25.8 Å². The molecule has 1 unspecified atom stereocenters. The summed E-state index contributed by atoms with van der Waals surface area (Å²) in [7, 11) is 0. The van der Waals surface area contributed by atoms with Crippen LogP contribution in [0.1, 0.15) is 6.42 Å². The van der Waals surface area contributed by atoms with Crippen molar-refractivity contribution < 1.29 is 13.9 Å². The summed E-state index contributed by atoms with van der Waals surface area (Å²) in [5, 5.41) is 13.4. The van der Waals surface area contributed by atoms with Crippen molar-refractivity contribution >= 4 is 46.1 Å². The highest BCUT2D eigenvalue weighted by atomic mass is 35.5. The van der Waals surface area contributed by atoms with Crippen LogP contribution in [0.2, 0.25) is 5.02 Å². The second kappa shape index (κ2) is 7.02. The summed E-state index contributed by atoms with van der Waals surface area (Å²) in [5.41, 5.74) is 2.70. The van der Waals surface area contributed by atoms with Crippen molar-refractivity contribution in [2.24, 2.45) is 0 Å². The molecular weight excluding hydrogens is 399 g/mol. The number of aromatic nitrogens is 4. The molecule has 148 valence electrons. The summed E-state index contributed by atoms with van der Waals surface area (Å²) in [5.74, 6) is -0.124. The van der Waals surface area contributed by atoms with Gasteiger partial charge in [-0.1, -0.05) is 11.6 Å². The smallest absolute Gasteiger partial charge is 0.212 e. The summed E-state index contributed by atoms with van der Waals surface area (Å²) in [6.07, 6.45) is 6.43. The number of aromatic amines is 1. The van der Waals surface area contributed by atoms with Gasteiger partial charge in [0.1, 0.15) is 5.65 Å². The van der Waals surface area contributed by atoms with Crippen LogP contribution >= 0.6 is 11.6 Å². The Hall–Kier alpha value is -3.17. The molecule has 5 rings (SSSR count). The predicted octanol–water partition coefficient (Wildman–Crippen LogP) is 3.44. The normalized spacial score (nSPS) is 16.6. The zero-order valence-electron chi connectivity index (χ0n) is 15.1. The number of anilines is 2. The number of ether oxygens (including phenoxy) is 1. The lowest BCUT2D eigenvalue weighted by atomic mass is 10.0. The molecule has 29 heavy (non-hydrogen) atoms. The van der Waals surface area contributed by atoms with Crippen molar-refractivity contribution in [1.29, 1.82) is 0 Å². The van der Waals surface area contributed by atoms with E-state index in [0.717, 1.165) is 6.42 Å². The Labute approximate surface area is 169 Å². The number of halogens is 2. The molecule has 10 heteroatoms. The molecule has 1 aliphatic heterocycles. The largest absolute Gasteiger partial charge is 0.379 e. The van der Waals surface area contributed by atoms with Gasteiger partial charge >= 0.3 is 0 Å². The van der Waals surface area contributed by atoms with Gasteiger partial charge in [-0.15, -0.1) is 0 Å². The Kier molecular flexibility index (Phi) is 4.33. The van der Waals surface area contributed by atoms with Crippen molar-refractivity contribution in [2.75, 3.05) is 23.8 Å². The SMILES string of the molecule is O=CNc1cn2cc(-c3c(Cl)c(F)c(NC4CCOC4)c4[nH]ncc34)ccc2n1. The lowest BCUT2D eigenvalue weighted by Gasteiger charge is -2.17. The van der Waals surface area contributed by atoms with Gasteiger partial charge in [-0.3, -0.25) is 9.89 Å². The first-order valence-corrected chi connectivity index (χ1v) is 9.41. The van der Waals surface area contributed by atoms with E-state index in [1.807, 2.05) is 0 Å². The topological polar surface area (TPSA) is 96.3 Å².